The second-order valence-corrected chi connectivity index (χ2v) is 7.12. The third-order valence-corrected chi connectivity index (χ3v) is 5.46. The first-order chi connectivity index (χ1) is 12.7. The van der Waals surface area contributed by atoms with E-state index in [0.29, 0.717) is 18.2 Å². The second-order valence-electron chi connectivity index (χ2n) is 6.03. The zero-order valence-electron chi connectivity index (χ0n) is 14.2. The molecule has 4 rings (SSSR count). The Hall–Kier alpha value is -2.80. The molecule has 1 aliphatic rings. The number of aromatic nitrogens is 3. The lowest BCUT2D eigenvalue weighted by atomic mass is 10.0. The minimum Gasteiger partial charge on any atom is -0.487 e. The van der Waals surface area contributed by atoms with E-state index in [-0.39, 0.29) is 11.2 Å². The fraction of sp³-hybridized carbons (Fsp3) is 0.211. The van der Waals surface area contributed by atoms with Crippen LogP contribution in [0.1, 0.15) is 27.8 Å². The molecule has 1 aromatic carbocycles. The molecular formula is C19H18N4O2S. The molecule has 0 spiro atoms. The molecule has 7 heteroatoms. The number of anilines is 1. The van der Waals surface area contributed by atoms with Gasteiger partial charge in [-0.1, -0.05) is 18.2 Å². The number of amides is 1. The van der Waals surface area contributed by atoms with Crippen LogP contribution in [0.2, 0.25) is 0 Å². The first kappa shape index (κ1) is 16.7. The molecule has 0 saturated heterocycles. The van der Waals surface area contributed by atoms with Crippen molar-refractivity contribution in [3.05, 3.63) is 71.2 Å². The maximum absolute atomic E-state index is 11.9. The molecule has 1 amide bonds. The lowest BCUT2D eigenvalue weighted by Crippen LogP contribution is -2.12. The van der Waals surface area contributed by atoms with Gasteiger partial charge in [0.15, 0.2) is 5.82 Å². The molecule has 2 N–H and O–H groups in total. The van der Waals surface area contributed by atoms with E-state index < -0.39 is 0 Å². The van der Waals surface area contributed by atoms with Crippen LogP contribution in [0.5, 0.6) is 5.75 Å². The number of H-pyrrole nitrogens is 1. The van der Waals surface area contributed by atoms with Crippen LogP contribution in [0.25, 0.3) is 0 Å². The number of fused-ring (bicyclic) bond motifs is 1. The zero-order chi connectivity index (χ0) is 17.9. The highest BCUT2D eigenvalue weighted by atomic mass is 32.2. The van der Waals surface area contributed by atoms with Crippen LogP contribution in [-0.2, 0) is 11.4 Å². The number of carbonyl (C=O) groups is 1. The maximum atomic E-state index is 11.9. The molecule has 1 atom stereocenters. The van der Waals surface area contributed by atoms with E-state index in [2.05, 4.69) is 20.5 Å². The molecule has 0 bridgehead atoms. The Morgan fingerprint density at radius 3 is 2.85 bits per heavy atom. The first-order valence-corrected chi connectivity index (χ1v) is 9.34. The van der Waals surface area contributed by atoms with Crippen LogP contribution in [-0.4, -0.2) is 26.8 Å². The maximum Gasteiger partial charge on any atom is 0.235 e. The number of thioether (sulfide) groups is 1. The Balaban J connectivity index is 1.53. The van der Waals surface area contributed by atoms with Crippen LogP contribution in [0.3, 0.4) is 0 Å². The summed E-state index contributed by atoms with van der Waals surface area (Å²) in [6.07, 6.45) is 1.76. The Kier molecular flexibility index (Phi) is 4.62. The summed E-state index contributed by atoms with van der Waals surface area (Å²) < 4.78 is 5.80. The summed E-state index contributed by atoms with van der Waals surface area (Å²) in [7, 11) is 0. The third kappa shape index (κ3) is 3.43. The van der Waals surface area contributed by atoms with Crippen LogP contribution in [0, 0.1) is 6.92 Å². The monoisotopic (exact) mass is 366 g/mol. The fourth-order valence-corrected chi connectivity index (χ4v) is 4.10. The molecule has 132 valence electrons. The summed E-state index contributed by atoms with van der Waals surface area (Å²) in [6, 6.07) is 13.7. The van der Waals surface area contributed by atoms with Gasteiger partial charge in [-0.2, -0.15) is 5.10 Å². The summed E-state index contributed by atoms with van der Waals surface area (Å²) in [6.45, 7) is 2.41. The molecule has 0 aliphatic carbocycles. The minimum atomic E-state index is -0.0273. The fourth-order valence-electron chi connectivity index (χ4n) is 2.91. The first-order valence-electron chi connectivity index (χ1n) is 8.29. The van der Waals surface area contributed by atoms with Crippen molar-refractivity contribution in [3.63, 3.8) is 0 Å². The highest BCUT2D eigenvalue weighted by Crippen LogP contribution is 2.42. The number of ether oxygens (including phenoxy) is 1. The number of rotatable bonds is 4. The molecule has 1 aliphatic heterocycles. The van der Waals surface area contributed by atoms with Gasteiger partial charge in [0, 0.05) is 17.5 Å². The molecule has 6 nitrogen and oxygen atoms in total. The van der Waals surface area contributed by atoms with Crippen molar-refractivity contribution < 1.29 is 9.53 Å². The van der Waals surface area contributed by atoms with E-state index >= 15 is 0 Å². The molecule has 3 heterocycles. The minimum absolute atomic E-state index is 0.0273. The third-order valence-electron chi connectivity index (χ3n) is 4.19. The van der Waals surface area contributed by atoms with Crippen LogP contribution < -0.4 is 10.1 Å². The van der Waals surface area contributed by atoms with Gasteiger partial charge in [-0.3, -0.25) is 14.9 Å². The van der Waals surface area contributed by atoms with Crippen molar-refractivity contribution in [3.8, 4) is 5.75 Å². The molecule has 26 heavy (non-hydrogen) atoms. The average molecular weight is 366 g/mol. The Bertz CT molecular complexity index is 909. The SMILES string of the molecule is Cc1[nH]nc2c1[C@H](c1ccc(OCc3ccccn3)cc1)SCC(=O)N2. The van der Waals surface area contributed by atoms with Crippen molar-refractivity contribution in [2.24, 2.45) is 0 Å². The zero-order valence-corrected chi connectivity index (χ0v) is 15.0. The predicted octanol–water partition coefficient (Wildman–Crippen LogP) is 3.47. The lowest BCUT2D eigenvalue weighted by Gasteiger charge is -2.15. The van der Waals surface area contributed by atoms with Crippen LogP contribution >= 0.6 is 11.8 Å². The number of carbonyl (C=O) groups excluding carboxylic acids is 1. The lowest BCUT2D eigenvalue weighted by molar-refractivity contribution is -0.113. The molecule has 0 radical (unpaired) electrons. The molecular weight excluding hydrogens is 348 g/mol. The summed E-state index contributed by atoms with van der Waals surface area (Å²) >= 11 is 1.60. The number of nitrogens with zero attached hydrogens (tertiary/aromatic N) is 2. The van der Waals surface area contributed by atoms with Crippen molar-refractivity contribution in [1.82, 2.24) is 15.2 Å². The number of hydrogen-bond acceptors (Lipinski definition) is 5. The standard InChI is InChI=1S/C19H18N4O2S/c1-12-17-18(26-11-16(24)21-19(17)23-22-12)13-5-7-15(8-6-13)25-10-14-4-2-3-9-20-14/h2-9,18H,10-11H2,1H3,(H2,21,22,23,24)/t18-/m0/s1. The number of pyridine rings is 1. The second kappa shape index (κ2) is 7.21. The van der Waals surface area contributed by atoms with E-state index in [4.69, 9.17) is 4.74 Å². The quantitative estimate of drug-likeness (QED) is 0.739. The van der Waals surface area contributed by atoms with Gasteiger partial charge in [0.25, 0.3) is 0 Å². The number of benzene rings is 1. The van der Waals surface area contributed by atoms with Crippen molar-refractivity contribution >= 4 is 23.5 Å². The van der Waals surface area contributed by atoms with Crippen LogP contribution in [0.15, 0.2) is 48.7 Å². The number of aromatic amines is 1. The van der Waals surface area contributed by atoms with E-state index in [9.17, 15) is 4.79 Å². The van der Waals surface area contributed by atoms with Gasteiger partial charge in [0.05, 0.1) is 16.7 Å². The smallest absolute Gasteiger partial charge is 0.235 e. The van der Waals surface area contributed by atoms with Crippen molar-refractivity contribution in [2.45, 2.75) is 18.8 Å². The summed E-state index contributed by atoms with van der Waals surface area (Å²) in [5.74, 6) is 1.79. The largest absolute Gasteiger partial charge is 0.487 e. The van der Waals surface area contributed by atoms with Gasteiger partial charge in [-0.25, -0.2) is 0 Å². The average Bonchev–Trinajstić information content (AvgIpc) is 2.93. The van der Waals surface area contributed by atoms with Gasteiger partial charge in [-0.15, -0.1) is 11.8 Å². The summed E-state index contributed by atoms with van der Waals surface area (Å²) in [5, 5.41) is 10.1. The predicted molar refractivity (Wildman–Crippen MR) is 101 cm³/mol. The van der Waals surface area contributed by atoms with E-state index in [1.807, 2.05) is 49.4 Å². The van der Waals surface area contributed by atoms with Gasteiger partial charge < -0.3 is 10.1 Å². The normalized spacial score (nSPS) is 16.5. The Labute approximate surface area is 155 Å². The van der Waals surface area contributed by atoms with E-state index in [1.54, 1.807) is 18.0 Å². The topological polar surface area (TPSA) is 79.9 Å². The van der Waals surface area contributed by atoms with Crippen LogP contribution in [0.4, 0.5) is 5.82 Å². The Morgan fingerprint density at radius 1 is 1.23 bits per heavy atom. The number of aryl methyl sites for hydroxylation is 1. The van der Waals surface area contributed by atoms with Gasteiger partial charge in [0.2, 0.25) is 5.91 Å². The Morgan fingerprint density at radius 2 is 2.08 bits per heavy atom. The summed E-state index contributed by atoms with van der Waals surface area (Å²) in [5.41, 5.74) is 4.00. The molecule has 2 aromatic heterocycles. The molecule has 0 unspecified atom stereocenters. The van der Waals surface area contributed by atoms with E-state index in [1.165, 1.54) is 0 Å². The van der Waals surface area contributed by atoms with Gasteiger partial charge in [-0.05, 0) is 36.8 Å². The summed E-state index contributed by atoms with van der Waals surface area (Å²) in [4.78, 5) is 16.1. The van der Waals surface area contributed by atoms with Crippen molar-refractivity contribution in [2.75, 3.05) is 11.1 Å². The number of nitrogens with one attached hydrogen (secondary N) is 2. The number of hydrogen-bond donors (Lipinski definition) is 2. The van der Waals surface area contributed by atoms with E-state index in [0.717, 1.165) is 28.3 Å². The van der Waals surface area contributed by atoms with Gasteiger partial charge in [0.1, 0.15) is 12.4 Å². The molecule has 0 saturated carbocycles. The molecule has 3 aromatic rings. The molecule has 0 fully saturated rings. The highest BCUT2D eigenvalue weighted by molar-refractivity contribution is 8.00. The van der Waals surface area contributed by atoms with Crippen molar-refractivity contribution in [1.29, 1.82) is 0 Å². The van der Waals surface area contributed by atoms with Gasteiger partial charge >= 0.3 is 0 Å². The highest BCUT2D eigenvalue weighted by Gasteiger charge is 2.28.